The van der Waals surface area contributed by atoms with Gasteiger partial charge in [0.2, 0.25) is 5.91 Å². The van der Waals surface area contributed by atoms with Crippen LogP contribution in [0.1, 0.15) is 32.3 Å². The predicted molar refractivity (Wildman–Crippen MR) is 86.9 cm³/mol. The number of benzene rings is 1. The average Bonchev–Trinajstić information content (AvgIpc) is 2.52. The molecule has 0 aliphatic rings. The zero-order chi connectivity index (χ0) is 17.4. The van der Waals surface area contributed by atoms with Crippen LogP contribution >= 0.6 is 0 Å². The summed E-state index contributed by atoms with van der Waals surface area (Å²) in [5.74, 6) is 0.0156. The van der Waals surface area contributed by atoms with Crippen molar-refractivity contribution in [3.05, 3.63) is 23.8 Å². The fourth-order valence-corrected chi connectivity index (χ4v) is 2.26. The van der Waals surface area contributed by atoms with Crippen LogP contribution in [0.25, 0.3) is 0 Å². The highest BCUT2D eigenvalue weighted by molar-refractivity contribution is 5.83. The van der Waals surface area contributed by atoms with Crippen LogP contribution in [0.3, 0.4) is 0 Å². The van der Waals surface area contributed by atoms with E-state index in [2.05, 4.69) is 5.32 Å². The molecule has 1 aromatic rings. The maximum atomic E-state index is 11.9. The van der Waals surface area contributed by atoms with Crippen LogP contribution < -0.4 is 14.8 Å². The summed E-state index contributed by atoms with van der Waals surface area (Å²) in [5.41, 5.74) is 0.986. The molecule has 0 aliphatic heterocycles. The van der Waals surface area contributed by atoms with E-state index in [0.717, 1.165) is 11.3 Å². The van der Waals surface area contributed by atoms with Crippen molar-refractivity contribution in [3.8, 4) is 11.5 Å². The summed E-state index contributed by atoms with van der Waals surface area (Å²) in [7, 11) is 3.18. The van der Waals surface area contributed by atoms with Gasteiger partial charge in [-0.1, -0.05) is 19.9 Å². The summed E-state index contributed by atoms with van der Waals surface area (Å²) >= 11 is 0. The molecule has 2 N–H and O–H groups in total. The number of amides is 1. The first kappa shape index (κ1) is 18.8. The second-order valence-corrected chi connectivity index (χ2v) is 5.66. The van der Waals surface area contributed by atoms with E-state index in [1.165, 1.54) is 0 Å². The lowest BCUT2D eigenvalue weighted by molar-refractivity contribution is -0.143. The number of nitrogens with one attached hydrogen (secondary N) is 1. The molecule has 0 aliphatic carbocycles. The molecule has 0 radical (unpaired) electrons. The second-order valence-electron chi connectivity index (χ2n) is 5.66. The highest BCUT2D eigenvalue weighted by Gasteiger charge is 2.23. The maximum absolute atomic E-state index is 11.9. The van der Waals surface area contributed by atoms with Crippen LogP contribution in [0.15, 0.2) is 18.2 Å². The van der Waals surface area contributed by atoms with Gasteiger partial charge in [0.25, 0.3) is 0 Å². The SMILES string of the molecule is COc1ccc(CCCC(=O)N[C@@H](C(=O)O)C(C)C)c(OC)c1. The molecular formula is C17H25NO5. The molecule has 1 rings (SSSR count). The number of ether oxygens (including phenoxy) is 2. The summed E-state index contributed by atoms with van der Waals surface area (Å²) in [4.78, 5) is 23.0. The van der Waals surface area contributed by atoms with Gasteiger partial charge in [-0.15, -0.1) is 0 Å². The van der Waals surface area contributed by atoms with Gasteiger partial charge in [0.1, 0.15) is 17.5 Å². The predicted octanol–water partition coefficient (Wildman–Crippen LogP) is 2.25. The van der Waals surface area contributed by atoms with Crippen LogP contribution in [0, 0.1) is 5.92 Å². The van der Waals surface area contributed by atoms with Crippen molar-refractivity contribution in [3.63, 3.8) is 0 Å². The fourth-order valence-electron chi connectivity index (χ4n) is 2.26. The van der Waals surface area contributed by atoms with E-state index in [9.17, 15) is 9.59 Å². The fraction of sp³-hybridized carbons (Fsp3) is 0.529. The quantitative estimate of drug-likeness (QED) is 0.728. The number of methoxy groups -OCH3 is 2. The summed E-state index contributed by atoms with van der Waals surface area (Å²) in [6.45, 7) is 3.53. The van der Waals surface area contributed by atoms with E-state index in [1.807, 2.05) is 12.1 Å². The van der Waals surface area contributed by atoms with Gasteiger partial charge in [-0.25, -0.2) is 4.79 Å². The second kappa shape index (κ2) is 9.02. The summed E-state index contributed by atoms with van der Waals surface area (Å²) < 4.78 is 10.5. The number of aryl methyl sites for hydroxylation is 1. The van der Waals surface area contributed by atoms with Crippen molar-refractivity contribution in [2.45, 2.75) is 39.2 Å². The van der Waals surface area contributed by atoms with Crippen LogP contribution in [0.4, 0.5) is 0 Å². The van der Waals surface area contributed by atoms with Gasteiger partial charge in [-0.05, 0) is 30.4 Å². The molecule has 0 unspecified atom stereocenters. The number of hydrogen-bond donors (Lipinski definition) is 2. The topological polar surface area (TPSA) is 84.9 Å². The van der Waals surface area contributed by atoms with E-state index in [0.29, 0.717) is 18.6 Å². The minimum Gasteiger partial charge on any atom is -0.497 e. The largest absolute Gasteiger partial charge is 0.497 e. The van der Waals surface area contributed by atoms with Crippen LogP contribution in [-0.2, 0) is 16.0 Å². The van der Waals surface area contributed by atoms with Crippen LogP contribution in [-0.4, -0.2) is 37.2 Å². The van der Waals surface area contributed by atoms with E-state index in [1.54, 1.807) is 34.1 Å². The minimum absolute atomic E-state index is 0.155. The zero-order valence-corrected chi connectivity index (χ0v) is 14.1. The van der Waals surface area contributed by atoms with Crippen LogP contribution in [0.5, 0.6) is 11.5 Å². The molecule has 0 heterocycles. The van der Waals surface area contributed by atoms with Gasteiger partial charge in [-0.2, -0.15) is 0 Å². The Bertz CT molecular complexity index is 542. The molecule has 1 atom stereocenters. The van der Waals surface area contributed by atoms with E-state index < -0.39 is 12.0 Å². The van der Waals surface area contributed by atoms with Crippen molar-refractivity contribution in [2.75, 3.05) is 14.2 Å². The van der Waals surface area contributed by atoms with Crippen molar-refractivity contribution in [2.24, 2.45) is 5.92 Å². The third-order valence-electron chi connectivity index (χ3n) is 3.59. The third-order valence-corrected chi connectivity index (χ3v) is 3.59. The number of carbonyl (C=O) groups excluding carboxylic acids is 1. The molecule has 23 heavy (non-hydrogen) atoms. The molecule has 128 valence electrons. The number of carboxylic acids is 1. The zero-order valence-electron chi connectivity index (χ0n) is 14.1. The lowest BCUT2D eigenvalue weighted by Crippen LogP contribution is -2.44. The molecule has 0 spiro atoms. The number of aliphatic carboxylic acids is 1. The number of hydrogen-bond acceptors (Lipinski definition) is 4. The number of carboxylic acid groups (broad SMARTS) is 1. The molecule has 0 fully saturated rings. The number of rotatable bonds is 9. The smallest absolute Gasteiger partial charge is 0.326 e. The summed E-state index contributed by atoms with van der Waals surface area (Å²) in [6.07, 6.45) is 1.55. The van der Waals surface area contributed by atoms with Gasteiger partial charge >= 0.3 is 5.97 Å². The first-order valence-electron chi connectivity index (χ1n) is 7.62. The normalized spacial score (nSPS) is 11.9. The van der Waals surface area contributed by atoms with E-state index in [-0.39, 0.29) is 18.2 Å². The average molecular weight is 323 g/mol. The standard InChI is InChI=1S/C17H25NO5/c1-11(2)16(17(20)21)18-15(19)7-5-6-12-8-9-13(22-3)10-14(12)23-4/h8-11,16H,5-7H2,1-4H3,(H,18,19)(H,20,21)/t16-/m1/s1. The molecule has 1 amide bonds. The Kier molecular flexibility index (Phi) is 7.38. The van der Waals surface area contributed by atoms with Gasteiger partial charge in [0.05, 0.1) is 14.2 Å². The van der Waals surface area contributed by atoms with Gasteiger partial charge in [-0.3, -0.25) is 4.79 Å². The molecule has 0 bridgehead atoms. The lowest BCUT2D eigenvalue weighted by atomic mass is 10.0. The first-order chi connectivity index (χ1) is 10.9. The summed E-state index contributed by atoms with van der Waals surface area (Å²) in [6, 6.07) is 4.70. The van der Waals surface area contributed by atoms with Crippen molar-refractivity contribution in [1.82, 2.24) is 5.32 Å². The Morgan fingerprint density at radius 1 is 1.22 bits per heavy atom. The highest BCUT2D eigenvalue weighted by atomic mass is 16.5. The first-order valence-corrected chi connectivity index (χ1v) is 7.62. The van der Waals surface area contributed by atoms with E-state index >= 15 is 0 Å². The van der Waals surface area contributed by atoms with Crippen molar-refractivity contribution < 1.29 is 24.2 Å². The Morgan fingerprint density at radius 2 is 1.91 bits per heavy atom. The van der Waals surface area contributed by atoms with Crippen molar-refractivity contribution >= 4 is 11.9 Å². The minimum atomic E-state index is -1.01. The molecule has 6 heteroatoms. The number of carbonyl (C=O) groups is 2. The monoisotopic (exact) mass is 323 g/mol. The van der Waals surface area contributed by atoms with Gasteiger partial charge < -0.3 is 19.9 Å². The summed E-state index contributed by atoms with van der Waals surface area (Å²) in [5, 5.41) is 11.6. The van der Waals surface area contributed by atoms with Gasteiger partial charge in [0.15, 0.2) is 0 Å². The Morgan fingerprint density at radius 3 is 2.43 bits per heavy atom. The third kappa shape index (κ3) is 5.81. The molecule has 0 saturated carbocycles. The Balaban J connectivity index is 2.53. The molecule has 1 aromatic carbocycles. The molecule has 6 nitrogen and oxygen atoms in total. The molecular weight excluding hydrogens is 298 g/mol. The maximum Gasteiger partial charge on any atom is 0.326 e. The molecule has 0 saturated heterocycles. The van der Waals surface area contributed by atoms with Crippen LogP contribution in [0.2, 0.25) is 0 Å². The Hall–Kier alpha value is -2.24. The highest BCUT2D eigenvalue weighted by Crippen LogP contribution is 2.25. The van der Waals surface area contributed by atoms with Gasteiger partial charge in [0, 0.05) is 12.5 Å². The lowest BCUT2D eigenvalue weighted by Gasteiger charge is -2.17. The van der Waals surface area contributed by atoms with Crippen molar-refractivity contribution in [1.29, 1.82) is 0 Å². The molecule has 0 aromatic heterocycles. The van der Waals surface area contributed by atoms with E-state index in [4.69, 9.17) is 14.6 Å². The Labute approximate surface area is 136 Å².